The lowest BCUT2D eigenvalue weighted by molar-refractivity contribution is -0.131. The standard InChI is InChI=1S/C15H22N4O3/c1-5-10-7-8-12(22-9(3)20)11(6-2)13(10)19(14(16)17)15(21)18-4/h7-8H,5-6H2,1-4H3,(H3,16,17)(H,18,21). The topological polar surface area (TPSA) is 109 Å². The van der Waals surface area contributed by atoms with Crippen molar-refractivity contribution in [3.05, 3.63) is 23.3 Å². The predicted octanol–water partition coefficient (Wildman–Crippen LogP) is 1.78. The van der Waals surface area contributed by atoms with Gasteiger partial charge in [-0.05, 0) is 24.5 Å². The van der Waals surface area contributed by atoms with E-state index in [1.807, 2.05) is 13.8 Å². The summed E-state index contributed by atoms with van der Waals surface area (Å²) >= 11 is 0. The van der Waals surface area contributed by atoms with E-state index >= 15 is 0 Å². The van der Waals surface area contributed by atoms with Gasteiger partial charge in [-0.3, -0.25) is 10.2 Å². The first-order chi connectivity index (χ1) is 10.4. The molecule has 1 aromatic carbocycles. The van der Waals surface area contributed by atoms with Crippen molar-refractivity contribution in [1.29, 1.82) is 5.41 Å². The number of urea groups is 1. The minimum absolute atomic E-state index is 0.373. The lowest BCUT2D eigenvalue weighted by Crippen LogP contribution is -2.47. The van der Waals surface area contributed by atoms with Gasteiger partial charge >= 0.3 is 12.0 Å². The minimum atomic E-state index is -0.517. The first-order valence-electron chi connectivity index (χ1n) is 7.06. The van der Waals surface area contributed by atoms with E-state index in [9.17, 15) is 9.59 Å². The summed E-state index contributed by atoms with van der Waals surface area (Å²) in [7, 11) is 1.46. The second-order valence-electron chi connectivity index (χ2n) is 4.63. The SMILES string of the molecule is CCc1ccc(OC(C)=O)c(CC)c1N(C(=N)N)C(=O)NC. The van der Waals surface area contributed by atoms with Gasteiger partial charge in [-0.1, -0.05) is 19.9 Å². The zero-order valence-electron chi connectivity index (χ0n) is 13.3. The third-order valence-corrected chi connectivity index (χ3v) is 3.19. The molecular weight excluding hydrogens is 284 g/mol. The van der Waals surface area contributed by atoms with Gasteiger partial charge in [0.25, 0.3) is 0 Å². The van der Waals surface area contributed by atoms with Gasteiger partial charge in [0.1, 0.15) is 5.75 Å². The summed E-state index contributed by atoms with van der Waals surface area (Å²) in [6, 6.07) is 2.95. The van der Waals surface area contributed by atoms with Crippen LogP contribution in [0.15, 0.2) is 12.1 Å². The highest BCUT2D eigenvalue weighted by molar-refractivity contribution is 6.15. The van der Waals surface area contributed by atoms with Crippen molar-refractivity contribution < 1.29 is 14.3 Å². The molecule has 0 atom stereocenters. The van der Waals surface area contributed by atoms with Gasteiger partial charge in [-0.2, -0.15) is 0 Å². The molecule has 0 aromatic heterocycles. The van der Waals surface area contributed by atoms with Crippen LogP contribution in [0.5, 0.6) is 5.75 Å². The fourth-order valence-corrected chi connectivity index (χ4v) is 2.27. The molecule has 0 aliphatic carbocycles. The van der Waals surface area contributed by atoms with Crippen molar-refractivity contribution in [2.75, 3.05) is 11.9 Å². The number of hydrogen-bond acceptors (Lipinski definition) is 4. The number of benzene rings is 1. The maximum absolute atomic E-state index is 12.1. The number of carbonyl (C=O) groups excluding carboxylic acids is 2. The number of nitrogens with two attached hydrogens (primary N) is 1. The minimum Gasteiger partial charge on any atom is -0.426 e. The lowest BCUT2D eigenvalue weighted by atomic mass is 10.0. The quantitative estimate of drug-likeness (QED) is 0.341. The van der Waals surface area contributed by atoms with E-state index in [0.29, 0.717) is 29.8 Å². The van der Waals surface area contributed by atoms with Crippen LogP contribution in [0.2, 0.25) is 0 Å². The number of esters is 1. The Hall–Kier alpha value is -2.57. The number of carbonyl (C=O) groups is 2. The zero-order chi connectivity index (χ0) is 16.9. The predicted molar refractivity (Wildman–Crippen MR) is 85.4 cm³/mol. The van der Waals surface area contributed by atoms with E-state index in [2.05, 4.69) is 5.32 Å². The molecular formula is C15H22N4O3. The number of rotatable bonds is 4. The summed E-state index contributed by atoms with van der Waals surface area (Å²) in [5.41, 5.74) is 7.58. The summed E-state index contributed by atoms with van der Waals surface area (Å²) in [5, 5.41) is 10.2. The third-order valence-electron chi connectivity index (χ3n) is 3.19. The molecule has 0 radical (unpaired) electrons. The van der Waals surface area contributed by atoms with Crippen LogP contribution in [0.3, 0.4) is 0 Å². The van der Waals surface area contributed by atoms with Crippen LogP contribution in [0.4, 0.5) is 10.5 Å². The Morgan fingerprint density at radius 2 is 1.95 bits per heavy atom. The molecule has 0 aliphatic rings. The highest BCUT2D eigenvalue weighted by atomic mass is 16.5. The van der Waals surface area contributed by atoms with Gasteiger partial charge in [-0.25, -0.2) is 9.69 Å². The maximum Gasteiger partial charge on any atom is 0.328 e. The maximum atomic E-state index is 12.1. The number of nitrogens with zero attached hydrogens (tertiary/aromatic N) is 1. The van der Waals surface area contributed by atoms with Gasteiger partial charge in [0.2, 0.25) is 5.96 Å². The summed E-state index contributed by atoms with van der Waals surface area (Å²) in [5.74, 6) is -0.472. The number of nitrogens with one attached hydrogen (secondary N) is 2. The van der Waals surface area contributed by atoms with E-state index in [0.717, 1.165) is 10.5 Å². The Morgan fingerprint density at radius 1 is 1.32 bits per heavy atom. The zero-order valence-corrected chi connectivity index (χ0v) is 13.3. The molecule has 0 unspecified atom stereocenters. The third kappa shape index (κ3) is 3.55. The van der Waals surface area contributed by atoms with E-state index in [-0.39, 0.29) is 0 Å². The number of guanidine groups is 1. The summed E-state index contributed by atoms with van der Waals surface area (Å²) < 4.78 is 5.21. The summed E-state index contributed by atoms with van der Waals surface area (Å²) in [6.45, 7) is 5.13. The van der Waals surface area contributed by atoms with Crippen molar-refractivity contribution in [2.24, 2.45) is 5.73 Å². The molecule has 120 valence electrons. The molecule has 7 nitrogen and oxygen atoms in total. The van der Waals surface area contributed by atoms with Crippen LogP contribution in [0.25, 0.3) is 0 Å². The van der Waals surface area contributed by atoms with Gasteiger partial charge in [0.15, 0.2) is 0 Å². The fourth-order valence-electron chi connectivity index (χ4n) is 2.27. The normalized spacial score (nSPS) is 10.0. The van der Waals surface area contributed by atoms with E-state index in [1.165, 1.54) is 14.0 Å². The van der Waals surface area contributed by atoms with Crippen LogP contribution >= 0.6 is 0 Å². The van der Waals surface area contributed by atoms with Crippen molar-refractivity contribution >= 4 is 23.6 Å². The largest absolute Gasteiger partial charge is 0.426 e. The smallest absolute Gasteiger partial charge is 0.328 e. The Kier molecular flexibility index (Phi) is 5.91. The van der Waals surface area contributed by atoms with Crippen molar-refractivity contribution in [3.8, 4) is 5.75 Å². The monoisotopic (exact) mass is 306 g/mol. The average molecular weight is 306 g/mol. The Balaban J connectivity index is 3.62. The Labute approximate surface area is 129 Å². The van der Waals surface area contributed by atoms with E-state index in [1.54, 1.807) is 12.1 Å². The molecule has 7 heteroatoms. The molecule has 0 saturated heterocycles. The Morgan fingerprint density at radius 3 is 2.36 bits per heavy atom. The molecule has 0 heterocycles. The number of ether oxygens (including phenoxy) is 1. The number of amides is 2. The van der Waals surface area contributed by atoms with Gasteiger partial charge in [-0.15, -0.1) is 0 Å². The van der Waals surface area contributed by atoms with Crippen molar-refractivity contribution in [2.45, 2.75) is 33.6 Å². The summed E-state index contributed by atoms with van der Waals surface area (Å²) in [4.78, 5) is 24.5. The molecule has 1 aromatic rings. The Bertz CT molecular complexity index is 599. The highest BCUT2D eigenvalue weighted by Crippen LogP contribution is 2.34. The molecule has 1 rings (SSSR count). The van der Waals surface area contributed by atoms with Crippen molar-refractivity contribution in [3.63, 3.8) is 0 Å². The van der Waals surface area contributed by atoms with E-state index < -0.39 is 18.0 Å². The first-order valence-corrected chi connectivity index (χ1v) is 7.06. The first kappa shape index (κ1) is 17.5. The number of anilines is 1. The number of aryl methyl sites for hydroxylation is 1. The average Bonchev–Trinajstić information content (AvgIpc) is 2.46. The van der Waals surface area contributed by atoms with Crippen LogP contribution in [0.1, 0.15) is 31.9 Å². The van der Waals surface area contributed by atoms with Crippen LogP contribution in [-0.2, 0) is 17.6 Å². The number of hydrogen-bond donors (Lipinski definition) is 3. The molecule has 0 fully saturated rings. The van der Waals surface area contributed by atoms with Crippen molar-refractivity contribution in [1.82, 2.24) is 5.32 Å². The van der Waals surface area contributed by atoms with Gasteiger partial charge in [0, 0.05) is 19.5 Å². The molecule has 0 bridgehead atoms. The summed E-state index contributed by atoms with van der Waals surface area (Å²) in [6.07, 6.45) is 1.16. The molecule has 22 heavy (non-hydrogen) atoms. The lowest BCUT2D eigenvalue weighted by Gasteiger charge is -2.26. The fraction of sp³-hybridized carbons (Fsp3) is 0.400. The second kappa shape index (κ2) is 7.44. The van der Waals surface area contributed by atoms with Crippen LogP contribution < -0.4 is 20.7 Å². The van der Waals surface area contributed by atoms with Gasteiger partial charge in [0.05, 0.1) is 5.69 Å². The molecule has 0 saturated carbocycles. The van der Waals surface area contributed by atoms with E-state index in [4.69, 9.17) is 15.9 Å². The van der Waals surface area contributed by atoms with Gasteiger partial charge < -0.3 is 15.8 Å². The molecule has 0 spiro atoms. The van der Waals surface area contributed by atoms with Crippen LogP contribution in [0, 0.1) is 5.41 Å². The van der Waals surface area contributed by atoms with Crippen LogP contribution in [-0.4, -0.2) is 25.0 Å². The molecule has 0 aliphatic heterocycles. The molecule has 4 N–H and O–H groups in total. The highest BCUT2D eigenvalue weighted by Gasteiger charge is 2.25. The molecule has 2 amide bonds. The second-order valence-corrected chi connectivity index (χ2v) is 4.63.